The van der Waals surface area contributed by atoms with E-state index in [4.69, 9.17) is 9.15 Å². The van der Waals surface area contributed by atoms with Crippen LogP contribution in [0.15, 0.2) is 46.6 Å². The number of hydrogen-bond acceptors (Lipinski definition) is 7. The highest BCUT2D eigenvalue weighted by molar-refractivity contribution is 7.99. The van der Waals surface area contributed by atoms with Crippen molar-refractivity contribution in [3.05, 3.63) is 48.4 Å². The van der Waals surface area contributed by atoms with Gasteiger partial charge in [-0.25, -0.2) is 0 Å². The maximum atomic E-state index is 10.0. The van der Waals surface area contributed by atoms with Gasteiger partial charge in [-0.15, -0.1) is 16.8 Å². The SMILES string of the molecule is C=CCc1ccccc1OCC(O)CSc1nnc(CSC)o1. The fourth-order valence-electron chi connectivity index (χ4n) is 1.85. The third-order valence-electron chi connectivity index (χ3n) is 2.88. The lowest BCUT2D eigenvalue weighted by Crippen LogP contribution is -2.20. The van der Waals surface area contributed by atoms with Crippen LogP contribution in [0.4, 0.5) is 0 Å². The van der Waals surface area contributed by atoms with Crippen LogP contribution in [0.5, 0.6) is 5.75 Å². The molecule has 23 heavy (non-hydrogen) atoms. The van der Waals surface area contributed by atoms with Gasteiger partial charge in [-0.2, -0.15) is 11.8 Å². The predicted molar refractivity (Wildman–Crippen MR) is 94.1 cm³/mol. The van der Waals surface area contributed by atoms with E-state index in [0.717, 1.165) is 17.7 Å². The van der Waals surface area contributed by atoms with Crippen molar-refractivity contribution in [2.75, 3.05) is 18.6 Å². The molecule has 0 bridgehead atoms. The summed E-state index contributed by atoms with van der Waals surface area (Å²) in [6.45, 7) is 3.95. The summed E-state index contributed by atoms with van der Waals surface area (Å²) in [7, 11) is 0. The summed E-state index contributed by atoms with van der Waals surface area (Å²) in [6.07, 6.45) is 3.92. The van der Waals surface area contributed by atoms with E-state index in [1.165, 1.54) is 11.8 Å². The largest absolute Gasteiger partial charge is 0.491 e. The quantitative estimate of drug-likeness (QED) is 0.520. The molecule has 0 spiro atoms. The number of aromatic nitrogens is 2. The molecule has 0 saturated heterocycles. The number of ether oxygens (including phenoxy) is 1. The first kappa shape index (κ1) is 17.9. The Bertz CT molecular complexity index is 619. The molecule has 1 aromatic carbocycles. The smallest absolute Gasteiger partial charge is 0.276 e. The zero-order valence-corrected chi connectivity index (χ0v) is 14.6. The Labute approximate surface area is 144 Å². The Morgan fingerprint density at radius 1 is 1.39 bits per heavy atom. The number of hydrogen-bond donors (Lipinski definition) is 1. The Morgan fingerprint density at radius 2 is 2.22 bits per heavy atom. The first-order valence-corrected chi connectivity index (χ1v) is 9.54. The molecule has 1 N–H and O–H groups in total. The number of allylic oxidation sites excluding steroid dienone is 1. The number of nitrogens with zero attached hydrogens (tertiary/aromatic N) is 2. The molecule has 2 aromatic rings. The van der Waals surface area contributed by atoms with Crippen LogP contribution in [0.3, 0.4) is 0 Å². The highest BCUT2D eigenvalue weighted by Crippen LogP contribution is 2.21. The molecule has 1 aromatic heterocycles. The van der Waals surface area contributed by atoms with Gasteiger partial charge in [-0.3, -0.25) is 0 Å². The second-order valence-corrected chi connectivity index (χ2v) is 6.61. The molecule has 0 amide bonds. The van der Waals surface area contributed by atoms with Gasteiger partial charge in [0.2, 0.25) is 5.89 Å². The molecule has 1 atom stereocenters. The lowest BCUT2D eigenvalue weighted by atomic mass is 10.1. The maximum Gasteiger partial charge on any atom is 0.276 e. The van der Waals surface area contributed by atoms with Gasteiger partial charge in [0.15, 0.2) is 0 Å². The summed E-state index contributed by atoms with van der Waals surface area (Å²) >= 11 is 2.95. The molecule has 0 radical (unpaired) electrons. The lowest BCUT2D eigenvalue weighted by molar-refractivity contribution is 0.125. The average Bonchev–Trinajstić information content (AvgIpc) is 3.00. The van der Waals surface area contributed by atoms with Crippen molar-refractivity contribution in [1.82, 2.24) is 10.2 Å². The summed E-state index contributed by atoms with van der Waals surface area (Å²) in [5.74, 6) is 2.50. The minimum absolute atomic E-state index is 0.215. The number of thioether (sulfide) groups is 2. The summed E-state index contributed by atoms with van der Waals surface area (Å²) < 4.78 is 11.1. The topological polar surface area (TPSA) is 68.4 Å². The highest BCUT2D eigenvalue weighted by Gasteiger charge is 2.12. The van der Waals surface area contributed by atoms with Gasteiger partial charge in [-0.1, -0.05) is 36.0 Å². The molecule has 124 valence electrons. The van der Waals surface area contributed by atoms with Crippen molar-refractivity contribution < 1.29 is 14.3 Å². The lowest BCUT2D eigenvalue weighted by Gasteiger charge is -2.13. The van der Waals surface area contributed by atoms with Crippen molar-refractivity contribution in [2.45, 2.75) is 23.5 Å². The van der Waals surface area contributed by atoms with Gasteiger partial charge in [0, 0.05) is 5.75 Å². The molecule has 2 rings (SSSR count). The average molecular weight is 352 g/mol. The molecule has 0 aliphatic rings. The van der Waals surface area contributed by atoms with Crippen LogP contribution in [0.2, 0.25) is 0 Å². The van der Waals surface area contributed by atoms with E-state index in [2.05, 4.69) is 16.8 Å². The van der Waals surface area contributed by atoms with Crippen molar-refractivity contribution in [1.29, 1.82) is 0 Å². The van der Waals surface area contributed by atoms with E-state index in [9.17, 15) is 5.11 Å². The summed E-state index contributed by atoms with van der Waals surface area (Å²) in [5, 5.41) is 18.4. The molecule has 5 nitrogen and oxygen atoms in total. The van der Waals surface area contributed by atoms with Gasteiger partial charge in [-0.05, 0) is 24.3 Å². The number of benzene rings is 1. The standard InChI is InChI=1S/C16H20N2O3S2/c1-3-6-12-7-4-5-8-14(12)20-9-13(19)10-23-16-18-17-15(21-16)11-22-2/h3-5,7-8,13,19H,1,6,9-11H2,2H3. The predicted octanol–water partition coefficient (Wildman–Crippen LogP) is 3.19. The van der Waals surface area contributed by atoms with Gasteiger partial charge in [0.25, 0.3) is 5.22 Å². The molecule has 7 heteroatoms. The highest BCUT2D eigenvalue weighted by atomic mass is 32.2. The Kier molecular flexibility index (Phi) is 7.51. The Morgan fingerprint density at radius 3 is 3.00 bits per heavy atom. The van der Waals surface area contributed by atoms with E-state index in [0.29, 0.717) is 22.6 Å². The molecule has 1 heterocycles. The van der Waals surface area contributed by atoms with Gasteiger partial charge < -0.3 is 14.3 Å². The third-order valence-corrected chi connectivity index (χ3v) is 4.38. The maximum absolute atomic E-state index is 10.0. The van der Waals surface area contributed by atoms with Crippen LogP contribution < -0.4 is 4.74 Å². The number of para-hydroxylation sites is 1. The van der Waals surface area contributed by atoms with Crippen molar-refractivity contribution in [3.8, 4) is 5.75 Å². The van der Waals surface area contributed by atoms with Crippen LogP contribution in [0, 0.1) is 0 Å². The first-order valence-electron chi connectivity index (χ1n) is 7.16. The van der Waals surface area contributed by atoms with Gasteiger partial charge >= 0.3 is 0 Å². The van der Waals surface area contributed by atoms with Crippen molar-refractivity contribution >= 4 is 23.5 Å². The number of aliphatic hydroxyl groups excluding tert-OH is 1. The monoisotopic (exact) mass is 352 g/mol. The van der Waals surface area contributed by atoms with Crippen LogP contribution in [-0.4, -0.2) is 40.0 Å². The van der Waals surface area contributed by atoms with E-state index >= 15 is 0 Å². The fourth-order valence-corrected chi connectivity index (χ4v) is 2.90. The van der Waals surface area contributed by atoms with Crippen molar-refractivity contribution in [3.63, 3.8) is 0 Å². The molecule has 0 aliphatic carbocycles. The molecular formula is C16H20N2O3S2. The minimum atomic E-state index is -0.618. The second kappa shape index (κ2) is 9.64. The second-order valence-electron chi connectivity index (χ2n) is 4.77. The Balaban J connectivity index is 1.78. The van der Waals surface area contributed by atoms with E-state index in [1.54, 1.807) is 11.8 Å². The van der Waals surface area contributed by atoms with Gasteiger partial charge in [0.1, 0.15) is 12.4 Å². The van der Waals surface area contributed by atoms with Crippen LogP contribution in [-0.2, 0) is 12.2 Å². The number of aliphatic hydroxyl groups is 1. The molecule has 0 fully saturated rings. The zero-order chi connectivity index (χ0) is 16.5. The van der Waals surface area contributed by atoms with E-state index in [-0.39, 0.29) is 6.61 Å². The molecule has 0 saturated carbocycles. The van der Waals surface area contributed by atoms with Crippen LogP contribution in [0.1, 0.15) is 11.5 Å². The minimum Gasteiger partial charge on any atom is -0.491 e. The summed E-state index contributed by atoms with van der Waals surface area (Å²) in [4.78, 5) is 0. The normalized spacial score (nSPS) is 12.1. The van der Waals surface area contributed by atoms with E-state index in [1.807, 2.05) is 36.6 Å². The van der Waals surface area contributed by atoms with Crippen LogP contribution in [0.25, 0.3) is 0 Å². The van der Waals surface area contributed by atoms with Crippen molar-refractivity contribution in [2.24, 2.45) is 0 Å². The molecule has 0 aliphatic heterocycles. The third kappa shape index (κ3) is 5.93. The van der Waals surface area contributed by atoms with Gasteiger partial charge in [0.05, 0.1) is 11.9 Å². The van der Waals surface area contributed by atoms with Crippen LogP contribution >= 0.6 is 23.5 Å². The molecular weight excluding hydrogens is 332 g/mol. The number of rotatable bonds is 10. The van der Waals surface area contributed by atoms with E-state index < -0.39 is 6.10 Å². The Hall–Kier alpha value is -1.44. The zero-order valence-electron chi connectivity index (χ0n) is 13.0. The summed E-state index contributed by atoms with van der Waals surface area (Å²) in [6, 6.07) is 7.75. The molecule has 1 unspecified atom stereocenters. The first-order chi connectivity index (χ1) is 11.2. The summed E-state index contributed by atoms with van der Waals surface area (Å²) in [5.41, 5.74) is 1.06. The fraction of sp³-hybridized carbons (Fsp3) is 0.375.